The second-order valence-electron chi connectivity index (χ2n) is 6.85. The highest BCUT2D eigenvalue weighted by atomic mass is 35.5. The van der Waals surface area contributed by atoms with E-state index in [9.17, 15) is 4.79 Å². The summed E-state index contributed by atoms with van der Waals surface area (Å²) in [5.41, 5.74) is 5.94. The second-order valence-corrected chi connectivity index (χ2v) is 7.29. The molecular weight excluding hydrogens is 368 g/mol. The lowest BCUT2D eigenvalue weighted by Gasteiger charge is -2.12. The van der Waals surface area contributed by atoms with Crippen molar-refractivity contribution in [2.75, 3.05) is 5.32 Å². The topological polar surface area (TPSA) is 42.0 Å². The molecule has 4 rings (SSSR count). The van der Waals surface area contributed by atoms with Gasteiger partial charge in [0.05, 0.1) is 16.8 Å². The first kappa shape index (κ1) is 18.2. The predicted molar refractivity (Wildman–Crippen MR) is 116 cm³/mol. The fraction of sp³-hybridized carbons (Fsp3) is 0.0833. The minimum absolute atomic E-state index is 0.150. The highest BCUT2D eigenvalue weighted by molar-refractivity contribution is 6.30. The first-order chi connectivity index (χ1) is 13.5. The zero-order chi connectivity index (χ0) is 19.7. The van der Waals surface area contributed by atoms with Crippen LogP contribution in [0.3, 0.4) is 0 Å². The number of amides is 1. The molecule has 0 aliphatic heterocycles. The fourth-order valence-electron chi connectivity index (χ4n) is 3.20. The fourth-order valence-corrected chi connectivity index (χ4v) is 3.32. The van der Waals surface area contributed by atoms with Crippen LogP contribution in [0.1, 0.15) is 21.5 Å². The van der Waals surface area contributed by atoms with Crippen LogP contribution in [0, 0.1) is 13.8 Å². The molecule has 138 valence electrons. The van der Waals surface area contributed by atoms with Crippen LogP contribution < -0.4 is 5.32 Å². The smallest absolute Gasteiger partial charge is 0.256 e. The van der Waals surface area contributed by atoms with Gasteiger partial charge in [0.1, 0.15) is 0 Å². The van der Waals surface area contributed by atoms with Gasteiger partial charge < -0.3 is 5.32 Å². The molecule has 0 spiro atoms. The summed E-state index contributed by atoms with van der Waals surface area (Å²) in [6.07, 6.45) is 0. The summed E-state index contributed by atoms with van der Waals surface area (Å²) >= 11 is 6.01. The van der Waals surface area contributed by atoms with Crippen LogP contribution in [0.5, 0.6) is 0 Å². The number of hydrogen-bond donors (Lipinski definition) is 1. The highest BCUT2D eigenvalue weighted by Gasteiger charge is 2.15. The molecule has 4 heteroatoms. The quantitative estimate of drug-likeness (QED) is 0.441. The third kappa shape index (κ3) is 3.62. The molecule has 0 radical (unpaired) electrons. The minimum Gasteiger partial charge on any atom is -0.322 e. The summed E-state index contributed by atoms with van der Waals surface area (Å²) < 4.78 is 0. The highest BCUT2D eigenvalue weighted by Crippen LogP contribution is 2.27. The maximum atomic E-state index is 13.2. The number of fused-ring (bicyclic) bond motifs is 1. The molecular formula is C24H19ClN2O. The SMILES string of the molecule is Cc1ccc2nc(-c3ccc(Cl)cc3)cc(C(=O)Nc3ccccc3C)c2c1. The van der Waals surface area contributed by atoms with Crippen molar-refractivity contribution in [2.24, 2.45) is 0 Å². The van der Waals surface area contributed by atoms with Crippen molar-refractivity contribution in [3.63, 3.8) is 0 Å². The first-order valence-corrected chi connectivity index (χ1v) is 9.43. The molecule has 3 nitrogen and oxygen atoms in total. The molecule has 0 aliphatic rings. The van der Waals surface area contributed by atoms with E-state index in [2.05, 4.69) is 5.32 Å². The Kier molecular flexibility index (Phi) is 4.84. The lowest BCUT2D eigenvalue weighted by molar-refractivity contribution is 0.102. The largest absolute Gasteiger partial charge is 0.322 e. The molecule has 3 aromatic carbocycles. The molecule has 0 bridgehead atoms. The van der Waals surface area contributed by atoms with Gasteiger partial charge in [-0.05, 0) is 55.8 Å². The molecule has 4 aromatic rings. The molecule has 0 saturated carbocycles. The molecule has 0 unspecified atom stereocenters. The van der Waals surface area contributed by atoms with Crippen molar-refractivity contribution in [1.82, 2.24) is 4.98 Å². The van der Waals surface area contributed by atoms with Gasteiger partial charge in [0.2, 0.25) is 0 Å². The normalized spacial score (nSPS) is 10.8. The summed E-state index contributed by atoms with van der Waals surface area (Å²) in [7, 11) is 0. The van der Waals surface area contributed by atoms with E-state index in [0.717, 1.165) is 39.0 Å². The molecule has 1 aromatic heterocycles. The molecule has 0 fully saturated rings. The van der Waals surface area contributed by atoms with E-state index in [0.29, 0.717) is 10.6 Å². The lowest BCUT2D eigenvalue weighted by Crippen LogP contribution is -2.14. The van der Waals surface area contributed by atoms with E-state index in [4.69, 9.17) is 16.6 Å². The van der Waals surface area contributed by atoms with E-state index in [1.807, 2.05) is 86.6 Å². The van der Waals surface area contributed by atoms with Crippen molar-refractivity contribution in [2.45, 2.75) is 13.8 Å². The molecule has 0 aliphatic carbocycles. The zero-order valence-corrected chi connectivity index (χ0v) is 16.4. The minimum atomic E-state index is -0.150. The number of hydrogen-bond acceptors (Lipinski definition) is 2. The number of carbonyl (C=O) groups excluding carboxylic acids is 1. The Morgan fingerprint density at radius 1 is 0.929 bits per heavy atom. The number of rotatable bonds is 3. The number of pyridine rings is 1. The Morgan fingerprint density at radius 2 is 1.68 bits per heavy atom. The number of halogens is 1. The van der Waals surface area contributed by atoms with Crippen LogP contribution in [0.2, 0.25) is 5.02 Å². The van der Waals surface area contributed by atoms with Crippen LogP contribution >= 0.6 is 11.6 Å². The van der Waals surface area contributed by atoms with E-state index in [1.165, 1.54) is 0 Å². The van der Waals surface area contributed by atoms with E-state index < -0.39 is 0 Å². The van der Waals surface area contributed by atoms with Crippen molar-refractivity contribution < 1.29 is 4.79 Å². The maximum Gasteiger partial charge on any atom is 0.256 e. The summed E-state index contributed by atoms with van der Waals surface area (Å²) in [6, 6.07) is 23.0. The number of aromatic nitrogens is 1. The van der Waals surface area contributed by atoms with Gasteiger partial charge in [-0.3, -0.25) is 4.79 Å². The lowest BCUT2D eigenvalue weighted by atomic mass is 10.0. The molecule has 0 atom stereocenters. The number of anilines is 1. The van der Waals surface area contributed by atoms with E-state index in [-0.39, 0.29) is 5.91 Å². The zero-order valence-electron chi connectivity index (χ0n) is 15.7. The Bertz CT molecular complexity index is 1180. The van der Waals surface area contributed by atoms with E-state index in [1.54, 1.807) is 0 Å². The van der Waals surface area contributed by atoms with Crippen LogP contribution in [0.25, 0.3) is 22.2 Å². The van der Waals surface area contributed by atoms with Crippen molar-refractivity contribution in [3.05, 3.63) is 94.5 Å². The first-order valence-electron chi connectivity index (χ1n) is 9.05. The number of para-hydroxylation sites is 1. The second kappa shape index (κ2) is 7.45. The molecule has 0 saturated heterocycles. The van der Waals surface area contributed by atoms with Crippen LogP contribution in [0.4, 0.5) is 5.69 Å². The third-order valence-electron chi connectivity index (χ3n) is 4.74. The monoisotopic (exact) mass is 386 g/mol. The van der Waals surface area contributed by atoms with Crippen molar-refractivity contribution in [3.8, 4) is 11.3 Å². The third-order valence-corrected chi connectivity index (χ3v) is 4.99. The molecule has 1 N–H and O–H groups in total. The van der Waals surface area contributed by atoms with Crippen LogP contribution in [-0.2, 0) is 0 Å². The Hall–Kier alpha value is -3.17. The van der Waals surface area contributed by atoms with Gasteiger partial charge in [0.25, 0.3) is 5.91 Å². The summed E-state index contributed by atoms with van der Waals surface area (Å²) in [5, 5.41) is 4.54. The van der Waals surface area contributed by atoms with Gasteiger partial charge in [-0.2, -0.15) is 0 Å². The number of nitrogens with zero attached hydrogens (tertiary/aromatic N) is 1. The van der Waals surface area contributed by atoms with Crippen molar-refractivity contribution >= 4 is 34.1 Å². The molecule has 1 amide bonds. The molecule has 1 heterocycles. The Balaban J connectivity index is 1.85. The standard InChI is InChI=1S/C24H19ClN2O/c1-15-7-12-22-19(13-15)20(24(28)27-21-6-4-3-5-16(21)2)14-23(26-22)17-8-10-18(25)11-9-17/h3-14H,1-2H3,(H,27,28). The van der Waals surface area contributed by atoms with Gasteiger partial charge in [0.15, 0.2) is 0 Å². The maximum absolute atomic E-state index is 13.2. The van der Waals surface area contributed by atoms with Gasteiger partial charge in [0, 0.05) is 21.7 Å². The Labute approximate surface area is 169 Å². The number of carbonyl (C=O) groups is 1. The van der Waals surface area contributed by atoms with Crippen molar-refractivity contribution in [1.29, 1.82) is 0 Å². The number of nitrogens with one attached hydrogen (secondary N) is 1. The van der Waals surface area contributed by atoms with Crippen LogP contribution in [0.15, 0.2) is 72.8 Å². The number of benzene rings is 3. The summed E-state index contributed by atoms with van der Waals surface area (Å²) in [6.45, 7) is 3.99. The molecule has 28 heavy (non-hydrogen) atoms. The Morgan fingerprint density at radius 3 is 2.43 bits per heavy atom. The number of aryl methyl sites for hydroxylation is 2. The summed E-state index contributed by atoms with van der Waals surface area (Å²) in [4.78, 5) is 17.9. The van der Waals surface area contributed by atoms with Gasteiger partial charge in [-0.1, -0.05) is 53.6 Å². The average Bonchev–Trinajstić information content (AvgIpc) is 2.69. The van der Waals surface area contributed by atoms with Gasteiger partial charge in [-0.15, -0.1) is 0 Å². The predicted octanol–water partition coefficient (Wildman–Crippen LogP) is 6.42. The average molecular weight is 387 g/mol. The van der Waals surface area contributed by atoms with E-state index >= 15 is 0 Å². The van der Waals surface area contributed by atoms with Gasteiger partial charge in [-0.25, -0.2) is 4.98 Å². The summed E-state index contributed by atoms with van der Waals surface area (Å²) in [5.74, 6) is -0.150. The van der Waals surface area contributed by atoms with Gasteiger partial charge >= 0.3 is 0 Å². The van der Waals surface area contributed by atoms with Crippen LogP contribution in [-0.4, -0.2) is 10.9 Å².